The van der Waals surface area contributed by atoms with Crippen molar-refractivity contribution in [2.45, 2.75) is 19.4 Å². The number of carboxylic acids is 1. The topological polar surface area (TPSA) is 58.6 Å². The molecule has 0 saturated carbocycles. The maximum absolute atomic E-state index is 13.2. The van der Waals surface area contributed by atoms with Crippen molar-refractivity contribution in [3.05, 3.63) is 29.8 Å². The Bertz CT molecular complexity index is 412. The Balaban J connectivity index is 2.60. The molecule has 0 aliphatic carbocycles. The zero-order chi connectivity index (χ0) is 13.5. The Morgan fingerprint density at radius 3 is 2.83 bits per heavy atom. The summed E-state index contributed by atoms with van der Waals surface area (Å²) in [5.41, 5.74) is 0. The molecule has 1 aromatic carbocycles. The number of aliphatic carboxylic acids is 1. The molecule has 0 radical (unpaired) electrons. The van der Waals surface area contributed by atoms with Crippen LogP contribution in [-0.2, 0) is 4.79 Å². The molecule has 0 bridgehead atoms. The van der Waals surface area contributed by atoms with E-state index in [-0.39, 0.29) is 12.4 Å². The number of carbonyl (C=O) groups is 1. The first-order chi connectivity index (χ1) is 8.54. The lowest BCUT2D eigenvalue weighted by Gasteiger charge is -2.15. The number of nitrogens with one attached hydrogen (secondary N) is 1. The molecule has 0 aliphatic rings. The lowest BCUT2D eigenvalue weighted by molar-refractivity contribution is -0.140. The van der Waals surface area contributed by atoms with Crippen molar-refractivity contribution >= 4 is 5.97 Å². The molecule has 1 atom stereocenters. The fraction of sp³-hybridized carbons (Fsp3) is 0.417. The number of rotatable bonds is 7. The molecule has 1 aromatic rings. The number of ether oxygens (including phenoxy) is 1. The van der Waals surface area contributed by atoms with Gasteiger partial charge < -0.3 is 15.2 Å². The third-order valence-corrected chi connectivity index (χ3v) is 2.24. The fourth-order valence-corrected chi connectivity index (χ4v) is 1.30. The van der Waals surface area contributed by atoms with E-state index in [0.29, 0.717) is 6.54 Å². The van der Waals surface area contributed by atoms with Gasteiger partial charge in [0.05, 0.1) is 0 Å². The molecular formula is C12H15F2NO3. The Kier molecular flexibility index (Phi) is 5.51. The average Bonchev–Trinajstić information content (AvgIpc) is 2.33. The Morgan fingerprint density at radius 2 is 2.22 bits per heavy atom. The number of carboxylic acid groups (broad SMARTS) is 1. The first-order valence-corrected chi connectivity index (χ1v) is 5.58. The van der Waals surface area contributed by atoms with Gasteiger partial charge in [0.2, 0.25) is 0 Å². The Morgan fingerprint density at radius 1 is 1.50 bits per heavy atom. The molecule has 6 heteroatoms. The third-order valence-electron chi connectivity index (χ3n) is 2.24. The maximum atomic E-state index is 13.2. The summed E-state index contributed by atoms with van der Waals surface area (Å²) in [5, 5.41) is 11.6. The van der Waals surface area contributed by atoms with Crippen LogP contribution in [0.4, 0.5) is 8.78 Å². The summed E-state index contributed by atoms with van der Waals surface area (Å²) >= 11 is 0. The van der Waals surface area contributed by atoms with E-state index in [4.69, 9.17) is 9.84 Å². The zero-order valence-electron chi connectivity index (χ0n) is 9.95. The fourth-order valence-electron chi connectivity index (χ4n) is 1.30. The van der Waals surface area contributed by atoms with Crippen molar-refractivity contribution in [2.75, 3.05) is 13.2 Å². The van der Waals surface area contributed by atoms with Crippen LogP contribution in [0.15, 0.2) is 18.2 Å². The third kappa shape index (κ3) is 4.29. The number of hydrogen-bond acceptors (Lipinski definition) is 3. The van der Waals surface area contributed by atoms with E-state index in [2.05, 4.69) is 5.32 Å². The van der Waals surface area contributed by atoms with Gasteiger partial charge in [-0.2, -0.15) is 0 Å². The minimum Gasteiger partial charge on any atom is -0.488 e. The Hall–Kier alpha value is -1.69. The molecule has 0 spiro atoms. The van der Waals surface area contributed by atoms with Crippen LogP contribution in [0.2, 0.25) is 0 Å². The molecule has 4 nitrogen and oxygen atoms in total. The smallest absolute Gasteiger partial charge is 0.324 e. The summed E-state index contributed by atoms with van der Waals surface area (Å²) < 4.78 is 31.0. The second-order valence-corrected chi connectivity index (χ2v) is 3.73. The van der Waals surface area contributed by atoms with Gasteiger partial charge in [-0.1, -0.05) is 6.92 Å². The van der Waals surface area contributed by atoms with Crippen molar-refractivity contribution in [2.24, 2.45) is 0 Å². The molecule has 0 fully saturated rings. The molecule has 0 heterocycles. The van der Waals surface area contributed by atoms with Crippen LogP contribution in [0.25, 0.3) is 0 Å². The normalized spacial score (nSPS) is 12.2. The van der Waals surface area contributed by atoms with E-state index in [0.717, 1.165) is 24.6 Å². The summed E-state index contributed by atoms with van der Waals surface area (Å²) in [6, 6.07) is 1.83. The predicted octanol–water partition coefficient (Wildman–Crippen LogP) is 1.80. The highest BCUT2D eigenvalue weighted by atomic mass is 19.1. The van der Waals surface area contributed by atoms with Crippen LogP contribution in [0.1, 0.15) is 13.3 Å². The van der Waals surface area contributed by atoms with Crippen molar-refractivity contribution < 1.29 is 23.4 Å². The van der Waals surface area contributed by atoms with Gasteiger partial charge in [0, 0.05) is 6.07 Å². The van der Waals surface area contributed by atoms with Gasteiger partial charge in [-0.25, -0.2) is 8.78 Å². The summed E-state index contributed by atoms with van der Waals surface area (Å²) in [5.74, 6) is -2.75. The maximum Gasteiger partial charge on any atom is 0.324 e. The van der Waals surface area contributed by atoms with Gasteiger partial charge >= 0.3 is 5.97 Å². The summed E-state index contributed by atoms with van der Waals surface area (Å²) in [4.78, 5) is 10.9. The zero-order valence-corrected chi connectivity index (χ0v) is 9.95. The van der Waals surface area contributed by atoms with E-state index in [1.165, 1.54) is 0 Å². The lowest BCUT2D eigenvalue weighted by atomic mass is 10.3. The van der Waals surface area contributed by atoms with Crippen LogP contribution in [-0.4, -0.2) is 30.3 Å². The SMILES string of the molecule is CCCNC(COc1cc(F)ccc1F)C(=O)O. The van der Waals surface area contributed by atoms with Gasteiger partial charge in [0.1, 0.15) is 18.5 Å². The van der Waals surface area contributed by atoms with Crippen LogP contribution in [0.3, 0.4) is 0 Å². The molecule has 0 amide bonds. The highest BCUT2D eigenvalue weighted by Gasteiger charge is 2.18. The molecular weight excluding hydrogens is 244 g/mol. The second-order valence-electron chi connectivity index (χ2n) is 3.73. The first kappa shape index (κ1) is 14.4. The molecule has 1 unspecified atom stereocenters. The van der Waals surface area contributed by atoms with Crippen LogP contribution in [0.5, 0.6) is 5.75 Å². The average molecular weight is 259 g/mol. The minimum absolute atomic E-state index is 0.268. The summed E-state index contributed by atoms with van der Waals surface area (Å²) in [6.07, 6.45) is 0.762. The highest BCUT2D eigenvalue weighted by Crippen LogP contribution is 2.18. The molecule has 2 N–H and O–H groups in total. The van der Waals surface area contributed by atoms with Gasteiger partial charge in [0.15, 0.2) is 11.6 Å². The number of benzene rings is 1. The van der Waals surface area contributed by atoms with Gasteiger partial charge in [-0.15, -0.1) is 0 Å². The highest BCUT2D eigenvalue weighted by molar-refractivity contribution is 5.73. The summed E-state index contributed by atoms with van der Waals surface area (Å²) in [7, 11) is 0. The van der Waals surface area contributed by atoms with Crippen molar-refractivity contribution in [3.63, 3.8) is 0 Å². The van der Waals surface area contributed by atoms with Crippen LogP contribution < -0.4 is 10.1 Å². The van der Waals surface area contributed by atoms with Gasteiger partial charge in [-0.05, 0) is 25.1 Å². The lowest BCUT2D eigenvalue weighted by Crippen LogP contribution is -2.41. The van der Waals surface area contributed by atoms with Gasteiger partial charge in [0.25, 0.3) is 0 Å². The van der Waals surface area contributed by atoms with Crippen LogP contribution in [0, 0.1) is 11.6 Å². The quantitative estimate of drug-likeness (QED) is 0.784. The number of hydrogen-bond donors (Lipinski definition) is 2. The number of halogens is 2. The predicted molar refractivity (Wildman–Crippen MR) is 61.6 cm³/mol. The molecule has 100 valence electrons. The second kappa shape index (κ2) is 6.90. The van der Waals surface area contributed by atoms with Crippen molar-refractivity contribution in [1.82, 2.24) is 5.32 Å². The molecule has 0 saturated heterocycles. The van der Waals surface area contributed by atoms with E-state index >= 15 is 0 Å². The van der Waals surface area contributed by atoms with Gasteiger partial charge in [-0.3, -0.25) is 4.79 Å². The molecule has 1 rings (SSSR count). The van der Waals surface area contributed by atoms with E-state index in [1.807, 2.05) is 6.92 Å². The van der Waals surface area contributed by atoms with Crippen molar-refractivity contribution in [1.29, 1.82) is 0 Å². The Labute approximate surface area is 104 Å². The van der Waals surface area contributed by atoms with E-state index in [1.54, 1.807) is 0 Å². The van der Waals surface area contributed by atoms with Crippen LogP contribution >= 0.6 is 0 Å². The molecule has 18 heavy (non-hydrogen) atoms. The minimum atomic E-state index is -1.10. The standard InChI is InChI=1S/C12H15F2NO3/c1-2-5-15-10(12(16)17)7-18-11-6-8(13)3-4-9(11)14/h3-4,6,10,15H,2,5,7H2,1H3,(H,16,17). The summed E-state index contributed by atoms with van der Waals surface area (Å²) in [6.45, 7) is 2.13. The molecule has 0 aromatic heterocycles. The van der Waals surface area contributed by atoms with E-state index < -0.39 is 23.6 Å². The van der Waals surface area contributed by atoms with E-state index in [9.17, 15) is 13.6 Å². The van der Waals surface area contributed by atoms with Crippen molar-refractivity contribution in [3.8, 4) is 5.75 Å². The monoisotopic (exact) mass is 259 g/mol. The largest absolute Gasteiger partial charge is 0.488 e. The molecule has 0 aliphatic heterocycles. The first-order valence-electron chi connectivity index (χ1n) is 5.58.